The highest BCUT2D eigenvalue weighted by Gasteiger charge is 2.39. The average molecular weight is 323 g/mol. The highest BCUT2D eigenvalue weighted by atomic mass is 79.9. The number of para-hydroxylation sites is 1. The van der Waals surface area contributed by atoms with Crippen LogP contribution in [0.2, 0.25) is 0 Å². The molecular formula is C11H7BrF4N2. The summed E-state index contributed by atoms with van der Waals surface area (Å²) in [7, 11) is 0. The largest absolute Gasteiger partial charge is 0.435 e. The van der Waals surface area contributed by atoms with Crippen LogP contribution >= 0.6 is 15.9 Å². The standard InChI is InChI=1S/C11H7BrF4N2/c12-6-8-9(11(14,15)16)17-18(10(8)13)7-4-2-1-3-5-7/h1-5H,6H2. The molecule has 1 aromatic heterocycles. The number of halogens is 5. The number of hydrogen-bond acceptors (Lipinski definition) is 1. The van der Waals surface area contributed by atoms with Crippen LogP contribution in [0.5, 0.6) is 0 Å². The Morgan fingerprint density at radius 3 is 2.22 bits per heavy atom. The van der Waals surface area contributed by atoms with Crippen molar-refractivity contribution in [2.45, 2.75) is 11.5 Å². The van der Waals surface area contributed by atoms with E-state index in [1.807, 2.05) is 0 Å². The number of benzene rings is 1. The summed E-state index contributed by atoms with van der Waals surface area (Å²) in [6, 6.07) is 7.83. The fourth-order valence-corrected chi connectivity index (χ4v) is 2.01. The molecule has 1 aromatic carbocycles. The van der Waals surface area contributed by atoms with Crippen LogP contribution in [-0.4, -0.2) is 9.78 Å². The van der Waals surface area contributed by atoms with Crippen LogP contribution < -0.4 is 0 Å². The lowest BCUT2D eigenvalue weighted by Gasteiger charge is -2.03. The second-order valence-electron chi connectivity index (χ2n) is 3.50. The smallest absolute Gasteiger partial charge is 0.206 e. The van der Waals surface area contributed by atoms with Gasteiger partial charge in [0.1, 0.15) is 0 Å². The minimum absolute atomic E-state index is 0.243. The molecule has 2 nitrogen and oxygen atoms in total. The van der Waals surface area contributed by atoms with Crippen molar-refractivity contribution < 1.29 is 17.6 Å². The van der Waals surface area contributed by atoms with Gasteiger partial charge < -0.3 is 0 Å². The molecule has 0 saturated carbocycles. The molecule has 0 fully saturated rings. The molecule has 0 bridgehead atoms. The van der Waals surface area contributed by atoms with E-state index in [2.05, 4.69) is 21.0 Å². The summed E-state index contributed by atoms with van der Waals surface area (Å²) in [4.78, 5) is 0. The Hall–Kier alpha value is -1.37. The Balaban J connectivity index is 2.61. The van der Waals surface area contributed by atoms with Crippen LogP contribution in [0.15, 0.2) is 30.3 Å². The van der Waals surface area contributed by atoms with Crippen molar-refractivity contribution in [3.63, 3.8) is 0 Å². The minimum Gasteiger partial charge on any atom is -0.206 e. The Kier molecular flexibility index (Phi) is 3.43. The maximum atomic E-state index is 13.9. The van der Waals surface area contributed by atoms with Crippen molar-refractivity contribution >= 4 is 15.9 Å². The molecule has 96 valence electrons. The van der Waals surface area contributed by atoms with Crippen molar-refractivity contribution in [1.29, 1.82) is 0 Å². The van der Waals surface area contributed by atoms with E-state index in [0.29, 0.717) is 4.68 Å². The highest BCUT2D eigenvalue weighted by Crippen LogP contribution is 2.33. The number of aromatic nitrogens is 2. The van der Waals surface area contributed by atoms with Gasteiger partial charge in [0.2, 0.25) is 5.95 Å². The van der Waals surface area contributed by atoms with Crippen LogP contribution in [0.1, 0.15) is 11.3 Å². The zero-order chi connectivity index (χ0) is 13.3. The van der Waals surface area contributed by atoms with Gasteiger partial charge >= 0.3 is 6.18 Å². The summed E-state index contributed by atoms with van der Waals surface area (Å²) >= 11 is 2.84. The van der Waals surface area contributed by atoms with Crippen LogP contribution in [-0.2, 0) is 11.5 Å². The van der Waals surface area contributed by atoms with Gasteiger partial charge in [-0.1, -0.05) is 34.1 Å². The van der Waals surface area contributed by atoms with Crippen LogP contribution in [0.4, 0.5) is 17.6 Å². The van der Waals surface area contributed by atoms with Crippen LogP contribution in [0.25, 0.3) is 5.69 Å². The van der Waals surface area contributed by atoms with E-state index >= 15 is 0 Å². The summed E-state index contributed by atoms with van der Waals surface area (Å²) in [5, 5.41) is 3.06. The fraction of sp³-hybridized carbons (Fsp3) is 0.182. The first-order valence-electron chi connectivity index (χ1n) is 4.91. The Labute approximate surface area is 108 Å². The number of hydrogen-bond donors (Lipinski definition) is 0. The summed E-state index contributed by atoms with van der Waals surface area (Å²) < 4.78 is 52.6. The second kappa shape index (κ2) is 4.72. The van der Waals surface area contributed by atoms with Gasteiger partial charge in [0.05, 0.1) is 11.3 Å². The Morgan fingerprint density at radius 2 is 1.78 bits per heavy atom. The van der Waals surface area contributed by atoms with Crippen molar-refractivity contribution in [3.8, 4) is 5.69 Å². The Morgan fingerprint density at radius 1 is 1.17 bits per heavy atom. The molecule has 0 aliphatic rings. The Bertz CT molecular complexity index is 548. The molecule has 0 saturated heterocycles. The van der Waals surface area contributed by atoms with Gasteiger partial charge in [-0.25, -0.2) is 4.68 Å². The number of rotatable bonds is 2. The van der Waals surface area contributed by atoms with Gasteiger partial charge in [0.25, 0.3) is 0 Å². The second-order valence-corrected chi connectivity index (χ2v) is 4.06. The quantitative estimate of drug-likeness (QED) is 0.605. The van der Waals surface area contributed by atoms with Crippen molar-refractivity contribution in [3.05, 3.63) is 47.5 Å². The third-order valence-corrected chi connectivity index (χ3v) is 2.88. The molecule has 0 atom stereocenters. The molecule has 0 unspecified atom stereocenters. The van der Waals surface area contributed by atoms with E-state index in [1.54, 1.807) is 18.2 Å². The van der Waals surface area contributed by atoms with Gasteiger partial charge in [-0.3, -0.25) is 0 Å². The fourth-order valence-electron chi connectivity index (χ4n) is 1.52. The minimum atomic E-state index is -4.68. The van der Waals surface area contributed by atoms with E-state index < -0.39 is 23.4 Å². The lowest BCUT2D eigenvalue weighted by Crippen LogP contribution is -2.09. The van der Waals surface area contributed by atoms with Gasteiger partial charge in [-0.05, 0) is 12.1 Å². The first-order valence-corrected chi connectivity index (χ1v) is 6.03. The first-order chi connectivity index (χ1) is 8.45. The molecule has 0 aliphatic carbocycles. The molecule has 0 radical (unpaired) electrons. The molecule has 2 rings (SSSR count). The molecule has 0 amide bonds. The van der Waals surface area contributed by atoms with E-state index in [4.69, 9.17) is 0 Å². The molecule has 7 heteroatoms. The molecule has 0 spiro atoms. The van der Waals surface area contributed by atoms with Crippen molar-refractivity contribution in [2.24, 2.45) is 0 Å². The third kappa shape index (κ3) is 2.27. The van der Waals surface area contributed by atoms with E-state index in [0.717, 1.165) is 0 Å². The number of alkyl halides is 4. The summed E-state index contributed by atoms with van der Waals surface area (Å²) in [6.07, 6.45) is -4.68. The molecular weight excluding hydrogens is 316 g/mol. The van der Waals surface area contributed by atoms with Crippen LogP contribution in [0.3, 0.4) is 0 Å². The van der Waals surface area contributed by atoms with Crippen molar-refractivity contribution in [2.75, 3.05) is 0 Å². The molecule has 18 heavy (non-hydrogen) atoms. The summed E-state index contributed by atoms with van der Waals surface area (Å²) in [5.41, 5.74) is -1.46. The van der Waals surface area contributed by atoms with E-state index in [-0.39, 0.29) is 11.0 Å². The third-order valence-electron chi connectivity index (χ3n) is 2.32. The highest BCUT2D eigenvalue weighted by molar-refractivity contribution is 9.08. The van der Waals surface area contributed by atoms with Crippen LogP contribution in [0, 0.1) is 5.95 Å². The molecule has 2 aromatic rings. The van der Waals surface area contributed by atoms with Gasteiger partial charge in [-0.2, -0.15) is 22.7 Å². The normalized spacial score (nSPS) is 11.8. The zero-order valence-corrected chi connectivity index (χ0v) is 10.5. The predicted octanol–water partition coefficient (Wildman–Crippen LogP) is 3.93. The number of nitrogens with zero attached hydrogens (tertiary/aromatic N) is 2. The zero-order valence-electron chi connectivity index (χ0n) is 8.88. The van der Waals surface area contributed by atoms with Crippen molar-refractivity contribution in [1.82, 2.24) is 9.78 Å². The molecule has 1 heterocycles. The lowest BCUT2D eigenvalue weighted by atomic mass is 10.2. The summed E-state index contributed by atoms with van der Waals surface area (Å²) in [6.45, 7) is 0. The SMILES string of the molecule is Fc1c(CBr)c(C(F)(F)F)nn1-c1ccccc1. The monoisotopic (exact) mass is 322 g/mol. The van der Waals surface area contributed by atoms with Gasteiger partial charge in [-0.15, -0.1) is 0 Å². The van der Waals surface area contributed by atoms with E-state index in [9.17, 15) is 17.6 Å². The topological polar surface area (TPSA) is 17.8 Å². The van der Waals surface area contributed by atoms with E-state index in [1.165, 1.54) is 12.1 Å². The van der Waals surface area contributed by atoms with Gasteiger partial charge in [0, 0.05) is 5.33 Å². The van der Waals surface area contributed by atoms with Gasteiger partial charge in [0.15, 0.2) is 5.69 Å². The average Bonchev–Trinajstić information content (AvgIpc) is 2.67. The lowest BCUT2D eigenvalue weighted by molar-refractivity contribution is -0.141. The maximum Gasteiger partial charge on any atom is 0.435 e. The molecule has 0 aliphatic heterocycles. The maximum absolute atomic E-state index is 13.9. The summed E-state index contributed by atoms with van der Waals surface area (Å²) in [5.74, 6) is -1.01. The first kappa shape index (κ1) is 13.1. The predicted molar refractivity (Wildman–Crippen MR) is 61.2 cm³/mol. The molecule has 0 N–H and O–H groups in total.